The molecule has 1 N–H and O–H groups in total. The number of anilines is 1. The normalized spacial score (nSPS) is 14.0. The van der Waals surface area contributed by atoms with E-state index in [1.807, 2.05) is 30.3 Å². The molecule has 0 fully saturated rings. The number of sulfonamides is 1. The van der Waals surface area contributed by atoms with Gasteiger partial charge >= 0.3 is 0 Å². The van der Waals surface area contributed by atoms with Gasteiger partial charge in [-0.15, -0.1) is 0 Å². The molecule has 1 aliphatic heterocycles. The molecule has 1 aliphatic rings. The van der Waals surface area contributed by atoms with Crippen molar-refractivity contribution in [3.63, 3.8) is 0 Å². The Morgan fingerprint density at radius 3 is 2.03 bits per heavy atom. The van der Waals surface area contributed by atoms with Gasteiger partial charge in [0.1, 0.15) is 0 Å². The Kier molecular flexibility index (Phi) is 7.82. The molecule has 0 aliphatic carbocycles. The van der Waals surface area contributed by atoms with Crippen molar-refractivity contribution in [3.05, 3.63) is 82.3 Å². The first-order chi connectivity index (χ1) is 18.2. The number of hydrogen-bond acceptors (Lipinski definition) is 7. The molecule has 1 heterocycles. The van der Waals surface area contributed by atoms with Gasteiger partial charge in [0.2, 0.25) is 0 Å². The van der Waals surface area contributed by atoms with Crippen molar-refractivity contribution in [2.24, 2.45) is 0 Å². The number of fused-ring (bicyclic) bond motifs is 1. The smallest absolute Gasteiger partial charge is 0.270 e. The summed E-state index contributed by atoms with van der Waals surface area (Å²) in [6, 6.07) is 17.7. The fraction of sp³-hybridized carbons (Fsp3) is 0.250. The number of amides is 1. The number of nitrogens with zero attached hydrogens (tertiary/aromatic N) is 1. The number of carbonyl (C=O) groups is 1. The van der Waals surface area contributed by atoms with Crippen LogP contribution in [0.4, 0.5) is 5.69 Å². The van der Waals surface area contributed by atoms with E-state index in [4.69, 9.17) is 18.9 Å². The lowest BCUT2D eigenvalue weighted by molar-refractivity contribution is -0.117. The predicted molar refractivity (Wildman–Crippen MR) is 145 cm³/mol. The topological polar surface area (TPSA) is 103 Å². The molecule has 0 saturated carbocycles. The lowest BCUT2D eigenvalue weighted by Crippen LogP contribution is -2.40. The minimum Gasteiger partial charge on any atom is -0.493 e. The van der Waals surface area contributed by atoms with E-state index in [0.29, 0.717) is 39.8 Å². The zero-order valence-corrected chi connectivity index (χ0v) is 22.7. The van der Waals surface area contributed by atoms with Crippen LogP contribution in [-0.4, -0.2) is 42.8 Å². The van der Waals surface area contributed by atoms with Gasteiger partial charge in [-0.1, -0.05) is 36.4 Å². The number of ether oxygens (including phenoxy) is 4. The summed E-state index contributed by atoms with van der Waals surface area (Å²) in [6.45, 7) is 1.74. The van der Waals surface area contributed by atoms with E-state index in [9.17, 15) is 13.2 Å². The third-order valence-corrected chi connectivity index (χ3v) is 8.25. The highest BCUT2D eigenvalue weighted by Crippen LogP contribution is 2.45. The molecule has 0 spiro atoms. The van der Waals surface area contributed by atoms with Crippen molar-refractivity contribution < 1.29 is 32.2 Å². The van der Waals surface area contributed by atoms with Crippen LogP contribution in [0.25, 0.3) is 5.57 Å². The molecule has 0 saturated heterocycles. The second-order valence-corrected chi connectivity index (χ2v) is 10.3. The maximum atomic E-state index is 14.0. The monoisotopic (exact) mass is 538 g/mol. The molecule has 0 aromatic heterocycles. The zero-order valence-electron chi connectivity index (χ0n) is 21.9. The van der Waals surface area contributed by atoms with E-state index in [-0.39, 0.29) is 18.0 Å². The highest BCUT2D eigenvalue weighted by atomic mass is 32.2. The van der Waals surface area contributed by atoms with Crippen molar-refractivity contribution in [2.75, 3.05) is 32.7 Å². The van der Waals surface area contributed by atoms with Gasteiger partial charge in [0, 0.05) is 18.2 Å². The van der Waals surface area contributed by atoms with Gasteiger partial charge in [0.05, 0.1) is 40.7 Å². The molecule has 10 heteroatoms. The SMILES string of the molecule is COc1ccc(CNC(=O)C2=C(C)c3cc(OC)c(OC)cc3N(Cc3ccccc3)S2(=O)=O)cc1OC. The van der Waals surface area contributed by atoms with E-state index in [1.54, 1.807) is 37.3 Å². The minimum absolute atomic E-state index is 0.0331. The quantitative estimate of drug-likeness (QED) is 0.437. The minimum atomic E-state index is -4.24. The number of carbonyl (C=O) groups excluding carboxylic acids is 1. The summed E-state index contributed by atoms with van der Waals surface area (Å²) in [4.78, 5) is 13.1. The summed E-state index contributed by atoms with van der Waals surface area (Å²) in [5.74, 6) is 1.15. The summed E-state index contributed by atoms with van der Waals surface area (Å²) in [6.07, 6.45) is 0. The average molecular weight is 539 g/mol. The number of methoxy groups -OCH3 is 4. The van der Waals surface area contributed by atoms with Gasteiger partial charge in [-0.3, -0.25) is 9.10 Å². The molecule has 4 rings (SSSR count). The third-order valence-electron chi connectivity index (χ3n) is 6.34. The standard InChI is InChI=1S/C28H30N2O7S/c1-18-21-14-25(36-4)26(37-5)15-22(21)30(17-19-9-7-6-8-10-19)38(32,33)27(18)28(31)29-16-20-11-12-23(34-2)24(13-20)35-3/h6-15H,16-17H2,1-5H3,(H,29,31). The van der Waals surface area contributed by atoms with Crippen molar-refractivity contribution in [3.8, 4) is 23.0 Å². The Hall–Kier alpha value is -4.18. The number of rotatable bonds is 9. The fourth-order valence-electron chi connectivity index (χ4n) is 4.39. The molecule has 0 bridgehead atoms. The van der Waals surface area contributed by atoms with Crippen LogP contribution in [0.5, 0.6) is 23.0 Å². The highest BCUT2D eigenvalue weighted by Gasteiger charge is 2.40. The van der Waals surface area contributed by atoms with Crippen LogP contribution >= 0.6 is 0 Å². The van der Waals surface area contributed by atoms with Crippen LogP contribution in [-0.2, 0) is 27.9 Å². The molecule has 3 aromatic carbocycles. The molecule has 3 aromatic rings. The first-order valence-corrected chi connectivity index (χ1v) is 13.2. The van der Waals surface area contributed by atoms with Crippen molar-refractivity contribution >= 4 is 27.2 Å². The van der Waals surface area contributed by atoms with Crippen molar-refractivity contribution in [1.29, 1.82) is 0 Å². The average Bonchev–Trinajstić information content (AvgIpc) is 2.93. The molecule has 200 valence electrons. The van der Waals surface area contributed by atoms with Crippen LogP contribution in [0, 0.1) is 0 Å². The maximum absolute atomic E-state index is 14.0. The van der Waals surface area contributed by atoms with Gasteiger partial charge in [0.15, 0.2) is 27.9 Å². The fourth-order valence-corrected chi connectivity index (χ4v) is 6.14. The Labute approximate surface area is 222 Å². The van der Waals surface area contributed by atoms with Crippen LogP contribution in [0.2, 0.25) is 0 Å². The van der Waals surface area contributed by atoms with Gasteiger partial charge in [0.25, 0.3) is 15.9 Å². The Balaban J connectivity index is 1.76. The van der Waals surface area contributed by atoms with Gasteiger partial charge in [-0.2, -0.15) is 0 Å². The van der Waals surface area contributed by atoms with E-state index >= 15 is 0 Å². The molecule has 0 radical (unpaired) electrons. The Bertz CT molecular complexity index is 1480. The summed E-state index contributed by atoms with van der Waals surface area (Å²) < 4.78 is 50.7. The molecule has 38 heavy (non-hydrogen) atoms. The summed E-state index contributed by atoms with van der Waals surface area (Å²) >= 11 is 0. The summed E-state index contributed by atoms with van der Waals surface area (Å²) in [5, 5.41) is 2.75. The number of nitrogens with one attached hydrogen (secondary N) is 1. The van der Waals surface area contributed by atoms with Crippen LogP contribution in [0.15, 0.2) is 65.6 Å². The zero-order chi connectivity index (χ0) is 27.4. The maximum Gasteiger partial charge on any atom is 0.270 e. The van der Waals surface area contributed by atoms with E-state index in [2.05, 4.69) is 5.32 Å². The largest absolute Gasteiger partial charge is 0.493 e. The molecule has 1 amide bonds. The lowest BCUT2D eigenvalue weighted by Gasteiger charge is -2.33. The number of hydrogen-bond donors (Lipinski definition) is 1. The van der Waals surface area contributed by atoms with E-state index in [1.165, 1.54) is 32.7 Å². The van der Waals surface area contributed by atoms with Gasteiger partial charge < -0.3 is 24.3 Å². The second-order valence-electron chi connectivity index (χ2n) is 8.55. The Morgan fingerprint density at radius 1 is 0.789 bits per heavy atom. The second kappa shape index (κ2) is 11.1. The highest BCUT2D eigenvalue weighted by molar-refractivity contribution is 7.97. The molecular formula is C28H30N2O7S. The lowest BCUT2D eigenvalue weighted by atomic mass is 10.0. The van der Waals surface area contributed by atoms with Gasteiger partial charge in [-0.25, -0.2) is 8.42 Å². The predicted octanol–water partition coefficient (Wildman–Crippen LogP) is 4.12. The first kappa shape index (κ1) is 26.9. The van der Waals surface area contributed by atoms with Crippen LogP contribution in [0.3, 0.4) is 0 Å². The van der Waals surface area contributed by atoms with Gasteiger partial charge in [-0.05, 0) is 41.8 Å². The first-order valence-electron chi connectivity index (χ1n) is 11.8. The molecule has 0 atom stereocenters. The van der Waals surface area contributed by atoms with Crippen LogP contribution < -0.4 is 28.6 Å². The van der Waals surface area contributed by atoms with Crippen molar-refractivity contribution in [1.82, 2.24) is 5.32 Å². The van der Waals surface area contributed by atoms with Crippen LogP contribution in [0.1, 0.15) is 23.6 Å². The molecule has 0 unspecified atom stereocenters. The molecule has 9 nitrogen and oxygen atoms in total. The van der Waals surface area contributed by atoms with E-state index in [0.717, 1.165) is 11.1 Å². The summed E-state index contributed by atoms with van der Waals surface area (Å²) in [7, 11) is 1.80. The third kappa shape index (κ3) is 4.99. The summed E-state index contributed by atoms with van der Waals surface area (Å²) in [5.41, 5.74) is 2.76. The van der Waals surface area contributed by atoms with Crippen molar-refractivity contribution in [2.45, 2.75) is 20.0 Å². The molecular weight excluding hydrogens is 508 g/mol. The number of benzene rings is 3. The Morgan fingerprint density at radius 2 is 1.39 bits per heavy atom. The van der Waals surface area contributed by atoms with E-state index < -0.39 is 15.9 Å². The number of allylic oxidation sites excluding steroid dienone is 1.